The van der Waals surface area contributed by atoms with E-state index < -0.39 is 15.8 Å². The van der Waals surface area contributed by atoms with Crippen molar-refractivity contribution in [1.82, 2.24) is 15.0 Å². The number of aromatic nitrogens is 3. The van der Waals surface area contributed by atoms with Gasteiger partial charge in [-0.3, -0.25) is 20.2 Å². The minimum absolute atomic E-state index is 0.0746. The number of nitro benzene ring substituents is 1. The molecule has 1 aromatic carbocycles. The Morgan fingerprint density at radius 3 is 2.36 bits per heavy atom. The second-order valence-corrected chi connectivity index (χ2v) is 6.70. The van der Waals surface area contributed by atoms with Crippen molar-refractivity contribution in [3.8, 4) is 11.3 Å². The first-order chi connectivity index (χ1) is 15.8. The van der Waals surface area contributed by atoms with E-state index in [4.69, 9.17) is 0 Å². The van der Waals surface area contributed by atoms with Crippen LogP contribution in [-0.4, -0.2) is 49.0 Å². The molecule has 2 aromatic heterocycles. The van der Waals surface area contributed by atoms with Crippen LogP contribution in [0.1, 0.15) is 23.0 Å². The van der Waals surface area contributed by atoms with E-state index in [0.29, 0.717) is 25.3 Å². The summed E-state index contributed by atoms with van der Waals surface area (Å²) in [6.07, 6.45) is 1.45. The van der Waals surface area contributed by atoms with Gasteiger partial charge in [0.05, 0.1) is 21.2 Å². The zero-order chi connectivity index (χ0) is 24.0. The van der Waals surface area contributed by atoms with Crippen molar-refractivity contribution >= 4 is 29.1 Å². The lowest BCUT2D eigenvalue weighted by Gasteiger charge is -2.13. The first kappa shape index (κ1) is 23.0. The summed E-state index contributed by atoms with van der Waals surface area (Å²) in [5, 5.41) is 37.5. The van der Waals surface area contributed by atoms with E-state index in [9.17, 15) is 30.1 Å². The number of nitro groups is 2. The van der Waals surface area contributed by atoms with E-state index in [2.05, 4.69) is 25.6 Å². The Labute approximate surface area is 186 Å². The smallest absolute Gasteiger partial charge is 0.339 e. The minimum atomic E-state index is -1.23. The molecule has 0 bridgehead atoms. The van der Waals surface area contributed by atoms with Crippen LogP contribution in [0.15, 0.2) is 42.6 Å². The molecule has 0 aliphatic rings. The molecule has 0 atom stereocenters. The van der Waals surface area contributed by atoms with Crippen molar-refractivity contribution < 1.29 is 19.7 Å². The molecule has 0 radical (unpaired) electrons. The number of aromatic carboxylic acids is 1. The van der Waals surface area contributed by atoms with Crippen molar-refractivity contribution in [2.45, 2.75) is 13.3 Å². The molecule has 3 N–H and O–H groups in total. The van der Waals surface area contributed by atoms with E-state index in [-0.39, 0.29) is 39.8 Å². The molecule has 0 fully saturated rings. The molecule has 0 aliphatic carbocycles. The van der Waals surface area contributed by atoms with E-state index in [1.807, 2.05) is 0 Å². The third-order valence-electron chi connectivity index (χ3n) is 4.54. The number of carboxylic acids is 1. The molecule has 0 saturated heterocycles. The number of hydrogen-bond acceptors (Lipinski definition) is 10. The Kier molecular flexibility index (Phi) is 7.03. The fraction of sp³-hybridized carbons (Fsp3) is 0.200. The second-order valence-electron chi connectivity index (χ2n) is 6.70. The summed E-state index contributed by atoms with van der Waals surface area (Å²) < 4.78 is 0. The summed E-state index contributed by atoms with van der Waals surface area (Å²) in [6.45, 7) is 2.43. The lowest BCUT2D eigenvalue weighted by Crippen LogP contribution is -2.18. The van der Waals surface area contributed by atoms with Gasteiger partial charge in [0, 0.05) is 36.9 Å². The highest BCUT2D eigenvalue weighted by molar-refractivity contribution is 5.96. The molecule has 13 heteroatoms. The monoisotopic (exact) mass is 453 g/mol. The zero-order valence-corrected chi connectivity index (χ0v) is 17.4. The molecule has 170 valence electrons. The van der Waals surface area contributed by atoms with Gasteiger partial charge in [0.25, 0.3) is 11.4 Å². The molecule has 0 saturated carbocycles. The number of carbonyl (C=O) groups is 1. The molecule has 3 aromatic rings. The second kappa shape index (κ2) is 10.1. The highest BCUT2D eigenvalue weighted by atomic mass is 16.6. The van der Waals surface area contributed by atoms with Crippen molar-refractivity contribution in [2.24, 2.45) is 0 Å². The number of aryl methyl sites for hydroxylation is 1. The molecule has 33 heavy (non-hydrogen) atoms. The van der Waals surface area contributed by atoms with E-state index in [1.165, 1.54) is 30.3 Å². The fourth-order valence-electron chi connectivity index (χ4n) is 3.01. The normalized spacial score (nSPS) is 10.5. The molecule has 2 heterocycles. The van der Waals surface area contributed by atoms with Crippen LogP contribution in [0.25, 0.3) is 11.3 Å². The van der Waals surface area contributed by atoms with Gasteiger partial charge in [-0.2, -0.15) is 0 Å². The highest BCUT2D eigenvalue weighted by Gasteiger charge is 2.22. The Morgan fingerprint density at radius 2 is 1.76 bits per heavy atom. The number of carboxylic acid groups (broad SMARTS) is 1. The maximum atomic E-state index is 11.9. The zero-order valence-electron chi connectivity index (χ0n) is 17.4. The Balaban J connectivity index is 1.80. The van der Waals surface area contributed by atoms with Crippen LogP contribution in [0.2, 0.25) is 0 Å². The summed E-state index contributed by atoms with van der Waals surface area (Å²) in [5.74, 6) is -0.626. The van der Waals surface area contributed by atoms with E-state index >= 15 is 0 Å². The lowest BCUT2D eigenvalue weighted by atomic mass is 10.0. The maximum absolute atomic E-state index is 11.9. The Morgan fingerprint density at radius 1 is 1.03 bits per heavy atom. The third kappa shape index (κ3) is 5.52. The van der Waals surface area contributed by atoms with Gasteiger partial charge in [0.2, 0.25) is 5.95 Å². The summed E-state index contributed by atoms with van der Waals surface area (Å²) in [7, 11) is 0. The van der Waals surface area contributed by atoms with Gasteiger partial charge >= 0.3 is 5.97 Å². The average Bonchev–Trinajstić information content (AvgIpc) is 2.81. The van der Waals surface area contributed by atoms with Gasteiger partial charge in [-0.1, -0.05) is 19.1 Å². The molecular weight excluding hydrogens is 434 g/mol. The first-order valence-electron chi connectivity index (χ1n) is 9.77. The van der Waals surface area contributed by atoms with Gasteiger partial charge in [0.1, 0.15) is 17.6 Å². The van der Waals surface area contributed by atoms with E-state index in [0.717, 1.165) is 6.20 Å². The molecule has 3 rings (SSSR count). The van der Waals surface area contributed by atoms with Gasteiger partial charge in [-0.25, -0.2) is 19.7 Å². The number of pyridine rings is 1. The molecule has 0 unspecified atom stereocenters. The number of nitrogens with one attached hydrogen (secondary N) is 2. The molecule has 0 amide bonds. The number of nitrogens with zero attached hydrogens (tertiary/aromatic N) is 5. The summed E-state index contributed by atoms with van der Waals surface area (Å²) in [6, 6.07) is 8.39. The van der Waals surface area contributed by atoms with Crippen LogP contribution in [0, 0.1) is 20.2 Å². The first-order valence-corrected chi connectivity index (χ1v) is 9.77. The number of non-ortho nitro benzene ring substituents is 1. The topological polar surface area (TPSA) is 186 Å². The summed E-state index contributed by atoms with van der Waals surface area (Å²) >= 11 is 0. The van der Waals surface area contributed by atoms with E-state index in [1.54, 1.807) is 13.0 Å². The van der Waals surface area contributed by atoms with Gasteiger partial charge in [-0.05, 0) is 12.5 Å². The lowest BCUT2D eigenvalue weighted by molar-refractivity contribution is -0.385. The minimum Gasteiger partial charge on any atom is -0.478 e. The Hall–Kier alpha value is -4.68. The largest absolute Gasteiger partial charge is 0.478 e. The van der Waals surface area contributed by atoms with Crippen LogP contribution in [0.5, 0.6) is 0 Å². The van der Waals surface area contributed by atoms with Crippen molar-refractivity contribution in [2.75, 3.05) is 23.7 Å². The maximum Gasteiger partial charge on any atom is 0.339 e. The SMILES string of the molecule is CCc1nc(NCCNc2ccc([N+](=O)[O-])cn2)nc(-c2cccc([N+](=O)[O-])c2)c1C(=O)O. The number of benzene rings is 1. The van der Waals surface area contributed by atoms with Gasteiger partial charge < -0.3 is 15.7 Å². The number of anilines is 2. The molecule has 13 nitrogen and oxygen atoms in total. The van der Waals surface area contributed by atoms with Gasteiger partial charge in [-0.15, -0.1) is 0 Å². The highest BCUT2D eigenvalue weighted by Crippen LogP contribution is 2.28. The van der Waals surface area contributed by atoms with Crippen molar-refractivity contribution in [1.29, 1.82) is 0 Å². The van der Waals surface area contributed by atoms with Crippen LogP contribution < -0.4 is 10.6 Å². The van der Waals surface area contributed by atoms with Crippen LogP contribution in [0.4, 0.5) is 23.1 Å². The van der Waals surface area contributed by atoms with Crippen molar-refractivity contribution in [3.63, 3.8) is 0 Å². The predicted octanol–water partition coefficient (Wildman–Crippen LogP) is 3.14. The third-order valence-corrected chi connectivity index (χ3v) is 4.54. The average molecular weight is 453 g/mol. The molecular formula is C20H19N7O6. The van der Waals surface area contributed by atoms with Crippen LogP contribution in [-0.2, 0) is 6.42 Å². The summed E-state index contributed by atoms with van der Waals surface area (Å²) in [5.41, 5.74) is 0.227. The quantitative estimate of drug-likeness (QED) is 0.232. The number of rotatable bonds is 10. The van der Waals surface area contributed by atoms with Crippen molar-refractivity contribution in [3.05, 3.63) is 74.1 Å². The predicted molar refractivity (Wildman–Crippen MR) is 118 cm³/mol. The fourth-order valence-corrected chi connectivity index (χ4v) is 3.01. The van der Waals surface area contributed by atoms with Crippen LogP contribution in [0.3, 0.4) is 0 Å². The number of hydrogen-bond donors (Lipinski definition) is 3. The summed E-state index contributed by atoms with van der Waals surface area (Å²) in [4.78, 5) is 45.1. The molecule has 0 spiro atoms. The standard InChI is InChI=1S/C20H19N7O6/c1-2-15-17(19(28)29)18(12-4-3-5-13(10-12)26(30)31)25-20(24-15)22-9-8-21-16-7-6-14(11-23-16)27(32)33/h3-7,10-11H,2,8-9H2,1H3,(H,21,23)(H,28,29)(H,22,24,25). The Bertz CT molecular complexity index is 1200. The van der Waals surface area contributed by atoms with Gasteiger partial charge in [0.15, 0.2) is 0 Å². The molecule has 0 aliphatic heterocycles. The van der Waals surface area contributed by atoms with Crippen LogP contribution >= 0.6 is 0 Å².